The van der Waals surface area contributed by atoms with E-state index in [9.17, 15) is 21.6 Å². The molecule has 0 saturated heterocycles. The minimum atomic E-state index is -4.64. The fraction of sp³-hybridized carbons (Fsp3) is 0.615. The molecule has 1 aliphatic rings. The Hall–Kier alpha value is -1.35. The molecule has 1 aromatic heterocycles. The largest absolute Gasteiger partial charge is 0.417 e. The molecular formula is C13H18F3N3O2S. The molecule has 9 heteroatoms. The molecule has 0 aliphatic carbocycles. The Morgan fingerprint density at radius 2 is 2.09 bits per heavy atom. The normalized spacial score (nSPS) is 21.3. The van der Waals surface area contributed by atoms with Gasteiger partial charge in [0.2, 0.25) is 10.0 Å². The third-order valence-electron chi connectivity index (χ3n) is 3.63. The molecule has 1 aliphatic heterocycles. The van der Waals surface area contributed by atoms with E-state index in [2.05, 4.69) is 9.71 Å². The predicted octanol–water partition coefficient (Wildman–Crippen LogP) is 2.39. The summed E-state index contributed by atoms with van der Waals surface area (Å²) in [5.41, 5.74) is -1.07. The van der Waals surface area contributed by atoms with E-state index in [1.165, 1.54) is 0 Å². The molecule has 0 amide bonds. The smallest absolute Gasteiger partial charge is 0.351 e. The number of aromatic nitrogens is 1. The Kier molecular flexibility index (Phi) is 4.67. The molecule has 1 atom stereocenters. The standard InChI is InChI=1S/C13H18F3N3O2S/c1-3-5-10-8-18-22(20,21)11-6-9(13(14,15)16)7-17-12(11)19(10)4-2/h6-7,10,18H,3-5,8H2,1-2H3/t10-/m1/s1. The van der Waals surface area contributed by atoms with Crippen LogP contribution in [-0.2, 0) is 16.2 Å². The maximum atomic E-state index is 12.8. The van der Waals surface area contributed by atoms with Crippen LogP contribution >= 0.6 is 0 Å². The van der Waals surface area contributed by atoms with Crippen LogP contribution in [-0.4, -0.2) is 32.5 Å². The summed E-state index contributed by atoms with van der Waals surface area (Å²) in [4.78, 5) is 5.15. The van der Waals surface area contributed by atoms with Gasteiger partial charge in [0, 0.05) is 25.3 Å². The first-order chi connectivity index (χ1) is 10.2. The number of anilines is 1. The van der Waals surface area contributed by atoms with Gasteiger partial charge in [-0.3, -0.25) is 0 Å². The summed E-state index contributed by atoms with van der Waals surface area (Å²) in [6.07, 6.45) is -2.40. The number of hydrogen-bond donors (Lipinski definition) is 1. The maximum absolute atomic E-state index is 12.8. The number of pyridine rings is 1. The Bertz CT molecular complexity index is 646. The highest BCUT2D eigenvalue weighted by atomic mass is 32.2. The monoisotopic (exact) mass is 337 g/mol. The highest BCUT2D eigenvalue weighted by Crippen LogP contribution is 2.35. The van der Waals surface area contributed by atoms with E-state index in [0.717, 1.165) is 12.8 Å². The van der Waals surface area contributed by atoms with E-state index < -0.39 is 26.7 Å². The summed E-state index contributed by atoms with van der Waals surface area (Å²) in [6, 6.07) is 0.525. The van der Waals surface area contributed by atoms with E-state index in [1.54, 1.807) is 4.90 Å². The second-order valence-electron chi connectivity index (χ2n) is 5.12. The molecule has 0 radical (unpaired) electrons. The van der Waals surface area contributed by atoms with Gasteiger partial charge in [-0.2, -0.15) is 13.2 Å². The summed E-state index contributed by atoms with van der Waals surface area (Å²) < 4.78 is 65.3. The molecule has 1 aromatic rings. The van der Waals surface area contributed by atoms with Crippen molar-refractivity contribution >= 4 is 15.8 Å². The van der Waals surface area contributed by atoms with E-state index >= 15 is 0 Å². The van der Waals surface area contributed by atoms with Crippen molar-refractivity contribution in [3.8, 4) is 0 Å². The lowest BCUT2D eigenvalue weighted by Crippen LogP contribution is -2.41. The maximum Gasteiger partial charge on any atom is 0.417 e. The number of nitrogens with zero attached hydrogens (tertiary/aromatic N) is 2. The second-order valence-corrected chi connectivity index (χ2v) is 6.86. The zero-order chi connectivity index (χ0) is 16.5. The van der Waals surface area contributed by atoms with Crippen molar-refractivity contribution in [2.75, 3.05) is 18.0 Å². The minimum Gasteiger partial charge on any atom is -0.351 e. The number of rotatable bonds is 3. The van der Waals surface area contributed by atoms with Gasteiger partial charge in [0.25, 0.3) is 0 Å². The zero-order valence-electron chi connectivity index (χ0n) is 12.3. The van der Waals surface area contributed by atoms with Gasteiger partial charge in [0.1, 0.15) is 10.7 Å². The Labute approximate surface area is 127 Å². The van der Waals surface area contributed by atoms with Crippen molar-refractivity contribution in [2.45, 2.75) is 43.8 Å². The Morgan fingerprint density at radius 3 is 2.64 bits per heavy atom. The molecule has 124 valence electrons. The van der Waals surface area contributed by atoms with Crippen LogP contribution in [0.25, 0.3) is 0 Å². The van der Waals surface area contributed by atoms with Crippen LogP contribution in [0.4, 0.5) is 19.0 Å². The van der Waals surface area contributed by atoms with Crippen LogP contribution in [0.2, 0.25) is 0 Å². The highest BCUT2D eigenvalue weighted by Gasteiger charge is 2.37. The first kappa shape index (κ1) is 17.0. The van der Waals surface area contributed by atoms with Crippen molar-refractivity contribution < 1.29 is 21.6 Å². The molecule has 0 saturated carbocycles. The van der Waals surface area contributed by atoms with Crippen LogP contribution in [0.1, 0.15) is 32.3 Å². The lowest BCUT2D eigenvalue weighted by molar-refractivity contribution is -0.138. The fourth-order valence-corrected chi connectivity index (χ4v) is 3.83. The molecule has 0 aromatic carbocycles. The van der Waals surface area contributed by atoms with Crippen molar-refractivity contribution in [1.82, 2.24) is 9.71 Å². The fourth-order valence-electron chi connectivity index (χ4n) is 2.57. The highest BCUT2D eigenvalue weighted by molar-refractivity contribution is 7.89. The molecular weight excluding hydrogens is 319 g/mol. The molecule has 22 heavy (non-hydrogen) atoms. The van der Waals surface area contributed by atoms with Crippen LogP contribution < -0.4 is 9.62 Å². The van der Waals surface area contributed by atoms with Gasteiger partial charge in [0.15, 0.2) is 0 Å². The van der Waals surface area contributed by atoms with Crippen LogP contribution in [0.5, 0.6) is 0 Å². The Balaban J connectivity index is 2.61. The summed E-state index contributed by atoms with van der Waals surface area (Å²) in [6.45, 7) is 4.41. The van der Waals surface area contributed by atoms with Gasteiger partial charge in [-0.15, -0.1) is 0 Å². The SMILES string of the molecule is CCC[C@@H]1CNS(=O)(=O)c2cc(C(F)(F)F)cnc2N1CC. The number of alkyl halides is 3. The zero-order valence-corrected chi connectivity index (χ0v) is 13.1. The Morgan fingerprint density at radius 1 is 1.41 bits per heavy atom. The number of halogens is 3. The van der Waals surface area contributed by atoms with E-state index in [4.69, 9.17) is 0 Å². The minimum absolute atomic E-state index is 0.0824. The number of likely N-dealkylation sites (N-methyl/N-ethyl adjacent to an activating group) is 1. The van der Waals surface area contributed by atoms with E-state index in [0.29, 0.717) is 18.8 Å². The molecule has 5 nitrogen and oxygen atoms in total. The number of hydrogen-bond acceptors (Lipinski definition) is 4. The van der Waals surface area contributed by atoms with Gasteiger partial charge >= 0.3 is 6.18 Å². The van der Waals surface area contributed by atoms with Gasteiger partial charge in [-0.25, -0.2) is 18.1 Å². The average molecular weight is 337 g/mol. The van der Waals surface area contributed by atoms with Crippen LogP contribution in [0, 0.1) is 0 Å². The molecule has 0 bridgehead atoms. The molecule has 0 spiro atoms. The topological polar surface area (TPSA) is 62.3 Å². The summed E-state index contributed by atoms with van der Waals surface area (Å²) in [7, 11) is -4.01. The first-order valence-electron chi connectivity index (χ1n) is 7.04. The lowest BCUT2D eigenvalue weighted by atomic mass is 10.1. The van der Waals surface area contributed by atoms with Gasteiger partial charge in [0.05, 0.1) is 5.56 Å². The lowest BCUT2D eigenvalue weighted by Gasteiger charge is -2.30. The number of nitrogens with one attached hydrogen (secondary N) is 1. The van der Waals surface area contributed by atoms with Crippen molar-refractivity contribution in [2.24, 2.45) is 0 Å². The summed E-state index contributed by atoms with van der Waals surface area (Å²) >= 11 is 0. The molecule has 1 N–H and O–H groups in total. The third-order valence-corrected chi connectivity index (χ3v) is 5.06. The average Bonchev–Trinajstić information content (AvgIpc) is 2.54. The first-order valence-corrected chi connectivity index (χ1v) is 8.52. The van der Waals surface area contributed by atoms with Crippen LogP contribution in [0.3, 0.4) is 0 Å². The summed E-state index contributed by atoms with van der Waals surface area (Å²) in [5.74, 6) is 0.0824. The van der Waals surface area contributed by atoms with E-state index in [-0.39, 0.29) is 18.4 Å². The number of fused-ring (bicyclic) bond motifs is 1. The van der Waals surface area contributed by atoms with Gasteiger partial charge in [-0.05, 0) is 19.4 Å². The van der Waals surface area contributed by atoms with Crippen molar-refractivity contribution in [3.63, 3.8) is 0 Å². The number of sulfonamides is 1. The van der Waals surface area contributed by atoms with Crippen LogP contribution in [0.15, 0.2) is 17.2 Å². The van der Waals surface area contributed by atoms with Gasteiger partial charge < -0.3 is 4.90 Å². The van der Waals surface area contributed by atoms with E-state index in [1.807, 2.05) is 13.8 Å². The predicted molar refractivity (Wildman–Crippen MR) is 76.1 cm³/mol. The van der Waals surface area contributed by atoms with Crippen molar-refractivity contribution in [3.05, 3.63) is 17.8 Å². The quantitative estimate of drug-likeness (QED) is 0.920. The second kappa shape index (κ2) is 6.04. The third kappa shape index (κ3) is 3.19. The van der Waals surface area contributed by atoms with Gasteiger partial charge in [-0.1, -0.05) is 13.3 Å². The van der Waals surface area contributed by atoms with Crippen molar-refractivity contribution in [1.29, 1.82) is 0 Å². The molecule has 2 rings (SSSR count). The molecule has 0 fully saturated rings. The molecule has 0 unspecified atom stereocenters. The molecule has 2 heterocycles. The summed E-state index contributed by atoms with van der Waals surface area (Å²) in [5, 5.41) is 0.